The number of nitrogens with zero attached hydrogens (tertiary/aromatic N) is 4. The van der Waals surface area contributed by atoms with Gasteiger partial charge in [0.25, 0.3) is 0 Å². The van der Waals surface area contributed by atoms with Crippen molar-refractivity contribution in [1.29, 1.82) is 0 Å². The molecule has 3 fully saturated rings. The maximum absolute atomic E-state index is 12.7. The minimum absolute atomic E-state index is 0.0265. The summed E-state index contributed by atoms with van der Waals surface area (Å²) in [5.74, 6) is 1.19. The van der Waals surface area contributed by atoms with Gasteiger partial charge in [-0.25, -0.2) is 0 Å². The lowest BCUT2D eigenvalue weighted by Gasteiger charge is -2.56. The molecular weight excluding hydrogens is 366 g/mol. The van der Waals surface area contributed by atoms with Gasteiger partial charge in [-0.1, -0.05) is 11.6 Å². The van der Waals surface area contributed by atoms with E-state index in [-0.39, 0.29) is 17.9 Å². The second-order valence-corrected chi connectivity index (χ2v) is 8.64. The summed E-state index contributed by atoms with van der Waals surface area (Å²) in [6.07, 6.45) is 7.40. The molecule has 148 valence electrons. The fraction of sp³-hybridized carbons (Fsp3) is 0.737. The second kappa shape index (κ2) is 7.80. The Kier molecular flexibility index (Phi) is 5.41. The highest BCUT2D eigenvalue weighted by Crippen LogP contribution is 2.41. The third-order valence-electron chi connectivity index (χ3n) is 6.38. The van der Waals surface area contributed by atoms with E-state index in [4.69, 9.17) is 11.6 Å². The molecule has 27 heavy (non-hydrogen) atoms. The fourth-order valence-electron chi connectivity index (χ4n) is 5.27. The highest BCUT2D eigenvalue weighted by molar-refractivity contribution is 6.30. The quantitative estimate of drug-likeness (QED) is 0.820. The molecule has 1 aromatic heterocycles. The molecule has 0 radical (unpaired) electrons. The zero-order valence-corrected chi connectivity index (χ0v) is 16.6. The van der Waals surface area contributed by atoms with Gasteiger partial charge in [0, 0.05) is 51.8 Å². The predicted octanol–water partition coefficient (Wildman–Crippen LogP) is 1.37. The molecule has 2 amide bonds. The number of nitrogens with one attached hydrogen (secondary N) is 1. The van der Waals surface area contributed by atoms with Gasteiger partial charge in [-0.3, -0.25) is 14.3 Å². The van der Waals surface area contributed by atoms with E-state index in [1.807, 2.05) is 10.9 Å². The number of piperidine rings is 3. The highest BCUT2D eigenvalue weighted by atomic mass is 35.5. The lowest BCUT2D eigenvalue weighted by atomic mass is 9.72. The van der Waals surface area contributed by atoms with Crippen molar-refractivity contribution in [3.63, 3.8) is 0 Å². The summed E-state index contributed by atoms with van der Waals surface area (Å²) in [6.45, 7) is 5.86. The van der Waals surface area contributed by atoms with Crippen molar-refractivity contribution in [3.05, 3.63) is 17.4 Å². The maximum atomic E-state index is 12.7. The Morgan fingerprint density at radius 1 is 1.33 bits per heavy atom. The second-order valence-electron chi connectivity index (χ2n) is 8.20. The highest BCUT2D eigenvalue weighted by Gasteiger charge is 2.49. The van der Waals surface area contributed by atoms with Crippen LogP contribution in [0.15, 0.2) is 12.4 Å². The van der Waals surface area contributed by atoms with Crippen LogP contribution < -0.4 is 5.32 Å². The molecule has 8 heteroatoms. The normalized spacial score (nSPS) is 30.9. The summed E-state index contributed by atoms with van der Waals surface area (Å²) in [6, 6.07) is 0.438. The SMILES string of the molecule is CC(=O)NC[C@H]1[C@H]2C[C@H](CN(CCn3cc(Cl)cn3)C2)[C@@H]2CCCC(=O)N21. The van der Waals surface area contributed by atoms with Gasteiger partial charge in [-0.05, 0) is 31.1 Å². The van der Waals surface area contributed by atoms with Crippen LogP contribution in [0.2, 0.25) is 5.02 Å². The first-order valence-corrected chi connectivity index (χ1v) is 10.3. The van der Waals surface area contributed by atoms with E-state index >= 15 is 0 Å². The number of hydrogen-bond donors (Lipinski definition) is 1. The van der Waals surface area contributed by atoms with Crippen molar-refractivity contribution in [3.8, 4) is 0 Å². The Hall–Kier alpha value is -1.60. The molecule has 7 nitrogen and oxygen atoms in total. The van der Waals surface area contributed by atoms with Crippen LogP contribution in [0.1, 0.15) is 32.6 Å². The van der Waals surface area contributed by atoms with Crippen LogP contribution in [0.4, 0.5) is 0 Å². The predicted molar refractivity (Wildman–Crippen MR) is 102 cm³/mol. The first-order chi connectivity index (χ1) is 13.0. The lowest BCUT2D eigenvalue weighted by Crippen LogP contribution is -2.67. The Balaban J connectivity index is 1.47. The van der Waals surface area contributed by atoms with Gasteiger partial charge in [-0.15, -0.1) is 0 Å². The Morgan fingerprint density at radius 2 is 2.15 bits per heavy atom. The van der Waals surface area contributed by atoms with E-state index < -0.39 is 0 Å². The van der Waals surface area contributed by atoms with Gasteiger partial charge in [0.1, 0.15) is 0 Å². The van der Waals surface area contributed by atoms with Gasteiger partial charge in [0.15, 0.2) is 0 Å². The van der Waals surface area contributed by atoms with Gasteiger partial charge in [0.2, 0.25) is 11.8 Å². The molecule has 4 atom stereocenters. The van der Waals surface area contributed by atoms with Crippen LogP contribution in [0.5, 0.6) is 0 Å². The summed E-state index contributed by atoms with van der Waals surface area (Å²) >= 11 is 5.96. The molecule has 1 N–H and O–H groups in total. The van der Waals surface area contributed by atoms with Crippen LogP contribution in [0.3, 0.4) is 0 Å². The number of amides is 2. The van der Waals surface area contributed by atoms with Crippen molar-refractivity contribution in [2.45, 2.75) is 51.2 Å². The average molecular weight is 394 g/mol. The molecular formula is C19H28ClN5O2. The van der Waals surface area contributed by atoms with E-state index in [1.54, 1.807) is 13.1 Å². The smallest absolute Gasteiger partial charge is 0.223 e. The van der Waals surface area contributed by atoms with Crippen LogP contribution in [-0.2, 0) is 16.1 Å². The van der Waals surface area contributed by atoms with Crippen LogP contribution >= 0.6 is 11.6 Å². The molecule has 0 aliphatic carbocycles. The molecule has 4 rings (SSSR count). The zero-order valence-electron chi connectivity index (χ0n) is 15.8. The Morgan fingerprint density at radius 3 is 2.89 bits per heavy atom. The van der Waals surface area contributed by atoms with Crippen LogP contribution in [-0.4, -0.2) is 69.7 Å². The molecule has 3 aliphatic heterocycles. The number of fused-ring (bicyclic) bond motifs is 4. The van der Waals surface area contributed by atoms with Crippen molar-refractivity contribution >= 4 is 23.4 Å². The van der Waals surface area contributed by atoms with Gasteiger partial charge in [-0.2, -0.15) is 5.10 Å². The van der Waals surface area contributed by atoms with Crippen LogP contribution in [0, 0.1) is 11.8 Å². The van der Waals surface area contributed by atoms with Crippen molar-refractivity contribution in [2.24, 2.45) is 11.8 Å². The summed E-state index contributed by atoms with van der Waals surface area (Å²) in [5, 5.41) is 7.90. The minimum Gasteiger partial charge on any atom is -0.354 e. The lowest BCUT2D eigenvalue weighted by molar-refractivity contribution is -0.153. The third kappa shape index (κ3) is 3.99. The van der Waals surface area contributed by atoms with Crippen LogP contribution in [0.25, 0.3) is 0 Å². The minimum atomic E-state index is -0.0265. The number of halogens is 1. The molecule has 1 aromatic rings. The summed E-state index contributed by atoms with van der Waals surface area (Å²) < 4.78 is 1.89. The largest absolute Gasteiger partial charge is 0.354 e. The molecule has 0 spiro atoms. The Labute approximate surface area is 165 Å². The topological polar surface area (TPSA) is 70.5 Å². The van der Waals surface area contributed by atoms with E-state index in [0.29, 0.717) is 35.9 Å². The maximum Gasteiger partial charge on any atom is 0.223 e. The van der Waals surface area contributed by atoms with E-state index in [2.05, 4.69) is 20.2 Å². The molecule has 4 heterocycles. The third-order valence-corrected chi connectivity index (χ3v) is 6.57. The fourth-order valence-corrected chi connectivity index (χ4v) is 5.43. The van der Waals surface area contributed by atoms with Crippen molar-refractivity contribution in [2.75, 3.05) is 26.2 Å². The van der Waals surface area contributed by atoms with Crippen molar-refractivity contribution < 1.29 is 9.59 Å². The summed E-state index contributed by atoms with van der Waals surface area (Å²) in [4.78, 5) is 28.8. The van der Waals surface area contributed by atoms with E-state index in [1.165, 1.54) is 0 Å². The van der Waals surface area contributed by atoms with Gasteiger partial charge >= 0.3 is 0 Å². The molecule has 3 saturated heterocycles. The number of carbonyl (C=O) groups is 2. The molecule has 3 aliphatic rings. The first-order valence-electron chi connectivity index (χ1n) is 9.97. The number of carbonyl (C=O) groups excluding carboxylic acids is 2. The number of hydrogen-bond acceptors (Lipinski definition) is 4. The van der Waals surface area contributed by atoms with E-state index in [0.717, 1.165) is 45.4 Å². The van der Waals surface area contributed by atoms with E-state index in [9.17, 15) is 9.59 Å². The van der Waals surface area contributed by atoms with Gasteiger partial charge in [0.05, 0.1) is 23.8 Å². The summed E-state index contributed by atoms with van der Waals surface area (Å²) in [7, 11) is 0. The monoisotopic (exact) mass is 393 g/mol. The van der Waals surface area contributed by atoms with Gasteiger partial charge < -0.3 is 15.1 Å². The number of likely N-dealkylation sites (tertiary alicyclic amines) is 1. The standard InChI is InChI=1S/C19H28ClN5O2/c1-13(26)21-9-18-15-7-14(17-3-2-4-19(27)25(17)18)10-23(11-15)5-6-24-12-16(20)8-22-24/h8,12,14-15,17-18H,2-7,9-11H2,1H3,(H,21,26)/t14-,15+,17+,18+/m1/s1. The number of rotatable bonds is 5. The zero-order chi connectivity index (χ0) is 19.0. The summed E-state index contributed by atoms with van der Waals surface area (Å²) in [5.41, 5.74) is 0. The molecule has 0 unspecified atom stereocenters. The Bertz CT molecular complexity index is 708. The molecule has 0 aromatic carbocycles. The number of aromatic nitrogens is 2. The average Bonchev–Trinajstić information content (AvgIpc) is 3.05. The molecule has 2 bridgehead atoms. The molecule has 0 saturated carbocycles. The first kappa shape index (κ1) is 18.7. The van der Waals surface area contributed by atoms with Crippen molar-refractivity contribution in [1.82, 2.24) is 24.9 Å².